The highest BCUT2D eigenvalue weighted by Crippen LogP contribution is 2.21. The minimum absolute atomic E-state index is 0.454. The van der Waals surface area contributed by atoms with Crippen LogP contribution in [0.25, 0.3) is 0 Å². The summed E-state index contributed by atoms with van der Waals surface area (Å²) in [5.41, 5.74) is 2.84. The summed E-state index contributed by atoms with van der Waals surface area (Å²) in [6, 6.07) is 5.37. The van der Waals surface area contributed by atoms with Gasteiger partial charge >= 0.3 is 11.8 Å². The molecule has 0 aliphatic carbocycles. The van der Waals surface area contributed by atoms with E-state index in [1.165, 1.54) is 13.3 Å². The molecule has 0 radical (unpaired) electrons. The molecule has 7 heteroatoms. The molecule has 1 rings (SSSR count). The summed E-state index contributed by atoms with van der Waals surface area (Å²) in [4.78, 5) is 22.7. The van der Waals surface area contributed by atoms with Crippen molar-refractivity contribution >= 4 is 34.0 Å². The number of methoxy groups -OCH3 is 1. The summed E-state index contributed by atoms with van der Waals surface area (Å²) in [5, 5.41) is 6.19. The number of nitrogens with one attached hydrogen (secondary N) is 2. The lowest BCUT2D eigenvalue weighted by molar-refractivity contribution is -0.139. The minimum atomic E-state index is -0.802. The number of ether oxygens (including phenoxy) is 1. The summed E-state index contributed by atoms with van der Waals surface area (Å²) in [5.74, 6) is -0.893. The molecular weight excluding hydrogens is 326 g/mol. The second-order valence-corrected chi connectivity index (χ2v) is 4.76. The lowest BCUT2D eigenvalue weighted by Gasteiger charge is -2.04. The van der Waals surface area contributed by atoms with E-state index in [-0.39, 0.29) is 0 Å². The van der Waals surface area contributed by atoms with Gasteiger partial charge in [0.2, 0.25) is 0 Å². The molecule has 0 spiro atoms. The predicted molar refractivity (Wildman–Crippen MR) is 79.7 cm³/mol. The first-order valence-corrected chi connectivity index (χ1v) is 6.82. The zero-order valence-corrected chi connectivity index (χ0v) is 12.9. The molecule has 1 aromatic carbocycles. The van der Waals surface area contributed by atoms with Crippen LogP contribution in [0.4, 0.5) is 0 Å². The highest BCUT2D eigenvalue weighted by molar-refractivity contribution is 9.10. The first-order chi connectivity index (χ1) is 9.58. The van der Waals surface area contributed by atoms with E-state index >= 15 is 0 Å². The van der Waals surface area contributed by atoms with E-state index in [1.807, 2.05) is 13.0 Å². The quantitative estimate of drug-likeness (QED) is 0.483. The number of benzene rings is 1. The Morgan fingerprint density at radius 1 is 1.40 bits per heavy atom. The smallest absolute Gasteiger partial charge is 0.329 e. The van der Waals surface area contributed by atoms with E-state index < -0.39 is 11.8 Å². The Labute approximate surface area is 125 Å². The molecule has 0 aromatic heterocycles. The van der Waals surface area contributed by atoms with Crippen LogP contribution in [0.5, 0.6) is 5.75 Å². The van der Waals surface area contributed by atoms with Crippen molar-refractivity contribution in [1.82, 2.24) is 10.7 Å². The zero-order valence-electron chi connectivity index (χ0n) is 11.3. The first kappa shape index (κ1) is 16.2. The summed E-state index contributed by atoms with van der Waals surface area (Å²) >= 11 is 3.33. The van der Waals surface area contributed by atoms with Crippen LogP contribution >= 0.6 is 15.9 Å². The van der Waals surface area contributed by atoms with Gasteiger partial charge in [0.05, 0.1) is 13.3 Å². The first-order valence-electron chi connectivity index (χ1n) is 6.03. The average Bonchev–Trinajstić information content (AvgIpc) is 2.44. The molecule has 6 nitrogen and oxygen atoms in total. The Kier molecular flexibility index (Phi) is 6.72. The van der Waals surface area contributed by atoms with E-state index in [1.54, 1.807) is 12.1 Å². The highest BCUT2D eigenvalue weighted by atomic mass is 79.9. The lowest BCUT2D eigenvalue weighted by Crippen LogP contribution is -2.38. The number of hydrazone groups is 1. The van der Waals surface area contributed by atoms with Crippen LogP contribution in [0.15, 0.2) is 27.8 Å². The van der Waals surface area contributed by atoms with Crippen LogP contribution < -0.4 is 15.5 Å². The second kappa shape index (κ2) is 8.31. The highest BCUT2D eigenvalue weighted by Gasteiger charge is 2.10. The van der Waals surface area contributed by atoms with Crippen molar-refractivity contribution in [2.45, 2.75) is 13.3 Å². The third kappa shape index (κ3) is 5.00. The summed E-state index contributed by atoms with van der Waals surface area (Å²) in [6.45, 7) is 2.35. The Morgan fingerprint density at radius 3 is 2.80 bits per heavy atom. The van der Waals surface area contributed by atoms with Gasteiger partial charge < -0.3 is 10.1 Å². The molecule has 20 heavy (non-hydrogen) atoms. The molecule has 2 amide bonds. The van der Waals surface area contributed by atoms with Gasteiger partial charge in [-0.3, -0.25) is 9.59 Å². The van der Waals surface area contributed by atoms with E-state index in [2.05, 4.69) is 31.8 Å². The standard InChI is InChI=1S/C13H16BrN3O3/c1-3-6-15-12(18)13(19)17-16-8-9-7-10(14)4-5-11(9)20-2/h4-5,7-8H,3,6H2,1-2H3,(H,15,18)(H,17,19)/b16-8-. The molecule has 0 saturated heterocycles. The SMILES string of the molecule is CCCNC(=O)C(=O)N/N=C\c1cc(Br)ccc1OC. The summed E-state index contributed by atoms with van der Waals surface area (Å²) < 4.78 is 6.01. The molecule has 1 aromatic rings. The molecule has 0 bridgehead atoms. The largest absolute Gasteiger partial charge is 0.496 e. The van der Waals surface area contributed by atoms with Crippen LogP contribution in [0.3, 0.4) is 0 Å². The summed E-state index contributed by atoms with van der Waals surface area (Å²) in [6.07, 6.45) is 2.17. The molecule has 0 unspecified atom stereocenters. The number of carbonyl (C=O) groups is 2. The van der Waals surface area contributed by atoms with Gasteiger partial charge in [0.15, 0.2) is 0 Å². The van der Waals surface area contributed by atoms with Gasteiger partial charge in [0.25, 0.3) is 0 Å². The monoisotopic (exact) mass is 341 g/mol. The fraction of sp³-hybridized carbons (Fsp3) is 0.308. The van der Waals surface area contributed by atoms with Gasteiger partial charge in [-0.05, 0) is 24.6 Å². The Morgan fingerprint density at radius 2 is 2.15 bits per heavy atom. The molecule has 2 N–H and O–H groups in total. The Bertz CT molecular complexity index is 518. The lowest BCUT2D eigenvalue weighted by atomic mass is 10.2. The molecule has 0 atom stereocenters. The normalized spacial score (nSPS) is 10.3. The molecule has 0 heterocycles. The maximum absolute atomic E-state index is 11.4. The van der Waals surface area contributed by atoms with Gasteiger partial charge in [-0.25, -0.2) is 5.43 Å². The number of hydrogen-bond donors (Lipinski definition) is 2. The zero-order chi connectivity index (χ0) is 15.0. The molecule has 108 valence electrons. The van der Waals surface area contributed by atoms with Crippen molar-refractivity contribution in [2.24, 2.45) is 5.10 Å². The van der Waals surface area contributed by atoms with Crippen LogP contribution in [0.2, 0.25) is 0 Å². The van der Waals surface area contributed by atoms with E-state index in [0.29, 0.717) is 17.9 Å². The molecule has 0 fully saturated rings. The van der Waals surface area contributed by atoms with Gasteiger partial charge in [-0.2, -0.15) is 5.10 Å². The number of hydrogen-bond acceptors (Lipinski definition) is 4. The van der Waals surface area contributed by atoms with Crippen molar-refractivity contribution in [3.63, 3.8) is 0 Å². The topological polar surface area (TPSA) is 79.8 Å². The molecular formula is C13H16BrN3O3. The van der Waals surface area contributed by atoms with Crippen LogP contribution in [0, 0.1) is 0 Å². The van der Waals surface area contributed by atoms with Crippen molar-refractivity contribution in [3.05, 3.63) is 28.2 Å². The van der Waals surface area contributed by atoms with Crippen LogP contribution in [-0.2, 0) is 9.59 Å². The average molecular weight is 342 g/mol. The van der Waals surface area contributed by atoms with Crippen molar-refractivity contribution in [2.75, 3.05) is 13.7 Å². The van der Waals surface area contributed by atoms with Crippen LogP contribution in [0.1, 0.15) is 18.9 Å². The van der Waals surface area contributed by atoms with E-state index in [9.17, 15) is 9.59 Å². The molecule has 0 aliphatic heterocycles. The van der Waals surface area contributed by atoms with Crippen molar-refractivity contribution < 1.29 is 14.3 Å². The Balaban J connectivity index is 2.63. The fourth-order valence-corrected chi connectivity index (χ4v) is 1.71. The third-order valence-electron chi connectivity index (χ3n) is 2.30. The maximum Gasteiger partial charge on any atom is 0.329 e. The van der Waals surface area contributed by atoms with Gasteiger partial charge in [0.1, 0.15) is 5.75 Å². The maximum atomic E-state index is 11.4. The predicted octanol–water partition coefficient (Wildman–Crippen LogP) is 1.43. The van der Waals surface area contributed by atoms with Crippen molar-refractivity contribution in [3.8, 4) is 5.75 Å². The van der Waals surface area contributed by atoms with Gasteiger partial charge in [-0.15, -0.1) is 0 Å². The fourth-order valence-electron chi connectivity index (χ4n) is 1.34. The number of carbonyl (C=O) groups excluding carboxylic acids is 2. The number of halogens is 1. The molecule has 0 aliphatic rings. The van der Waals surface area contributed by atoms with E-state index in [0.717, 1.165) is 10.9 Å². The third-order valence-corrected chi connectivity index (χ3v) is 2.80. The Hall–Kier alpha value is -1.89. The van der Waals surface area contributed by atoms with Gasteiger partial charge in [0, 0.05) is 16.6 Å². The number of rotatable bonds is 5. The number of nitrogens with zero attached hydrogens (tertiary/aromatic N) is 1. The summed E-state index contributed by atoms with van der Waals surface area (Å²) in [7, 11) is 1.54. The second-order valence-electron chi connectivity index (χ2n) is 3.84. The molecule has 0 saturated carbocycles. The van der Waals surface area contributed by atoms with E-state index in [4.69, 9.17) is 4.74 Å². The number of amides is 2. The van der Waals surface area contributed by atoms with Crippen molar-refractivity contribution in [1.29, 1.82) is 0 Å². The minimum Gasteiger partial charge on any atom is -0.496 e. The van der Waals surface area contributed by atoms with Gasteiger partial charge in [-0.1, -0.05) is 22.9 Å². The van der Waals surface area contributed by atoms with Crippen LogP contribution in [-0.4, -0.2) is 31.7 Å².